The number of phenolic OH excluding ortho intramolecular Hbond substituents is 1. The van der Waals surface area contributed by atoms with Crippen molar-refractivity contribution in [3.05, 3.63) is 101 Å². The molecular weight excluding hydrogens is 642 g/mol. The van der Waals surface area contributed by atoms with Crippen LogP contribution in [-0.4, -0.2) is 82.9 Å². The summed E-state index contributed by atoms with van der Waals surface area (Å²) >= 11 is 0. The largest absolute Gasteiger partial charge is 0.507 e. The monoisotopic (exact) mass is 687 g/mol. The van der Waals surface area contributed by atoms with Gasteiger partial charge in [0, 0.05) is 55.0 Å². The van der Waals surface area contributed by atoms with Gasteiger partial charge in [-0.15, -0.1) is 0 Å². The van der Waals surface area contributed by atoms with Crippen LogP contribution in [0.15, 0.2) is 72.8 Å². The van der Waals surface area contributed by atoms with Gasteiger partial charge in [0.1, 0.15) is 17.6 Å². The van der Waals surface area contributed by atoms with E-state index in [0.717, 1.165) is 75.2 Å². The van der Waals surface area contributed by atoms with Gasteiger partial charge >= 0.3 is 0 Å². The molecule has 6 N–H and O–H groups in total. The lowest BCUT2D eigenvalue weighted by molar-refractivity contribution is -0.136. The number of nitrogens with one attached hydrogen (secondary N) is 3. The van der Waals surface area contributed by atoms with Crippen LogP contribution in [0.1, 0.15) is 77.1 Å². The Morgan fingerprint density at radius 2 is 1.63 bits per heavy atom. The second kappa shape index (κ2) is 14.5. The second-order valence-electron chi connectivity index (χ2n) is 14.3. The SMILES string of the molecule is N=C(N)/C(=C\C(=N)c1ccccc1O)c1ccc(N2CCC(CN3CCC(c4ccc5c(c4)CN(C4CCC(=O)NC4=O)C5=O)CC3)CC2)cc1. The molecule has 4 aliphatic rings. The zero-order chi connectivity index (χ0) is 35.6. The van der Waals surface area contributed by atoms with Crippen LogP contribution < -0.4 is 16.0 Å². The molecule has 1 unspecified atom stereocenters. The maximum Gasteiger partial charge on any atom is 0.255 e. The fourth-order valence-corrected chi connectivity index (χ4v) is 8.13. The molecule has 3 saturated heterocycles. The molecule has 51 heavy (non-hydrogen) atoms. The number of allylic oxidation sites excluding steroid dienone is 1. The molecule has 0 radical (unpaired) electrons. The van der Waals surface area contributed by atoms with Gasteiger partial charge in [0.2, 0.25) is 11.8 Å². The molecule has 4 aliphatic heterocycles. The number of nitrogens with zero attached hydrogens (tertiary/aromatic N) is 3. The van der Waals surface area contributed by atoms with Gasteiger partial charge in [0.05, 0.1) is 5.71 Å². The van der Waals surface area contributed by atoms with Crippen LogP contribution in [0.3, 0.4) is 0 Å². The highest BCUT2D eigenvalue weighted by Gasteiger charge is 2.39. The summed E-state index contributed by atoms with van der Waals surface area (Å²) in [6, 6.07) is 20.3. The third-order valence-corrected chi connectivity index (χ3v) is 11.1. The molecule has 0 aliphatic carbocycles. The van der Waals surface area contributed by atoms with Crippen LogP contribution in [0.4, 0.5) is 5.69 Å². The third-order valence-electron chi connectivity index (χ3n) is 11.1. The first-order valence-electron chi connectivity index (χ1n) is 17.9. The van der Waals surface area contributed by atoms with Gasteiger partial charge in [-0.2, -0.15) is 0 Å². The molecule has 3 amide bonds. The minimum absolute atomic E-state index is 0.0160. The van der Waals surface area contributed by atoms with E-state index < -0.39 is 6.04 Å². The number of aromatic hydroxyl groups is 1. The molecule has 264 valence electrons. The molecule has 1 atom stereocenters. The fraction of sp³-hybridized carbons (Fsp3) is 0.375. The molecule has 11 heteroatoms. The summed E-state index contributed by atoms with van der Waals surface area (Å²) in [7, 11) is 0. The highest BCUT2D eigenvalue weighted by atomic mass is 16.3. The summed E-state index contributed by atoms with van der Waals surface area (Å²) in [4.78, 5) is 43.8. The van der Waals surface area contributed by atoms with Crippen molar-refractivity contribution in [1.29, 1.82) is 10.8 Å². The van der Waals surface area contributed by atoms with Crippen molar-refractivity contribution in [2.45, 2.75) is 57.0 Å². The van der Waals surface area contributed by atoms with Gasteiger partial charge in [-0.05, 0) is 110 Å². The molecule has 3 fully saturated rings. The van der Waals surface area contributed by atoms with Crippen molar-refractivity contribution in [2.24, 2.45) is 11.7 Å². The van der Waals surface area contributed by atoms with E-state index in [1.54, 1.807) is 23.1 Å². The summed E-state index contributed by atoms with van der Waals surface area (Å²) in [5.41, 5.74) is 11.6. The number of imide groups is 1. The lowest BCUT2D eigenvalue weighted by Crippen LogP contribution is -2.52. The van der Waals surface area contributed by atoms with Crippen LogP contribution in [0, 0.1) is 16.7 Å². The predicted molar refractivity (Wildman–Crippen MR) is 197 cm³/mol. The second-order valence-corrected chi connectivity index (χ2v) is 14.3. The number of amides is 3. The zero-order valence-electron chi connectivity index (χ0n) is 28.7. The van der Waals surface area contributed by atoms with Crippen LogP contribution in [0.25, 0.3) is 5.57 Å². The molecule has 0 aromatic heterocycles. The molecule has 0 spiro atoms. The number of carbonyl (C=O) groups is 3. The smallest absolute Gasteiger partial charge is 0.255 e. The van der Waals surface area contributed by atoms with Gasteiger partial charge in [-0.3, -0.25) is 25.1 Å². The van der Waals surface area contributed by atoms with E-state index in [4.69, 9.17) is 16.6 Å². The van der Waals surface area contributed by atoms with E-state index in [2.05, 4.69) is 39.4 Å². The normalized spacial score (nSPS) is 20.7. The summed E-state index contributed by atoms with van der Waals surface area (Å²) in [6.07, 6.45) is 6.58. The van der Waals surface area contributed by atoms with Crippen molar-refractivity contribution in [3.8, 4) is 5.75 Å². The van der Waals surface area contributed by atoms with Crippen LogP contribution in [0.2, 0.25) is 0 Å². The van der Waals surface area contributed by atoms with Gasteiger partial charge in [-0.25, -0.2) is 0 Å². The topological polar surface area (TPSA) is 167 Å². The first-order chi connectivity index (χ1) is 24.6. The van der Waals surface area contributed by atoms with E-state index in [0.29, 0.717) is 41.5 Å². The van der Waals surface area contributed by atoms with Crippen molar-refractivity contribution in [2.75, 3.05) is 37.6 Å². The highest BCUT2D eigenvalue weighted by molar-refractivity contribution is 6.27. The number of likely N-dealkylation sites (tertiary alicyclic amines) is 1. The molecular formula is C40H45N7O4. The third kappa shape index (κ3) is 7.30. The number of carbonyl (C=O) groups excluding carboxylic acids is 3. The lowest BCUT2D eigenvalue weighted by atomic mass is 9.87. The van der Waals surface area contributed by atoms with Crippen molar-refractivity contribution < 1.29 is 19.5 Å². The van der Waals surface area contributed by atoms with E-state index >= 15 is 0 Å². The van der Waals surface area contributed by atoms with Crippen molar-refractivity contribution >= 4 is 40.5 Å². The Bertz CT molecular complexity index is 1890. The molecule has 4 heterocycles. The lowest BCUT2D eigenvalue weighted by Gasteiger charge is -2.38. The molecule has 0 saturated carbocycles. The number of phenols is 1. The molecule has 0 bridgehead atoms. The van der Waals surface area contributed by atoms with Gasteiger partial charge in [0.25, 0.3) is 5.91 Å². The first kappa shape index (κ1) is 34.2. The van der Waals surface area contributed by atoms with Crippen LogP contribution in [-0.2, 0) is 16.1 Å². The number of hydrogen-bond acceptors (Lipinski definition) is 8. The molecule has 11 nitrogen and oxygen atoms in total. The minimum atomic E-state index is -0.588. The Morgan fingerprint density at radius 3 is 2.31 bits per heavy atom. The first-order valence-corrected chi connectivity index (χ1v) is 17.9. The van der Waals surface area contributed by atoms with Crippen LogP contribution >= 0.6 is 0 Å². The molecule has 3 aromatic carbocycles. The maximum absolute atomic E-state index is 13.1. The number of rotatable bonds is 9. The van der Waals surface area contributed by atoms with Gasteiger partial charge in [0.15, 0.2) is 0 Å². The number of benzene rings is 3. The maximum atomic E-state index is 13.1. The Hall–Kier alpha value is -5.29. The molecule has 7 rings (SSSR count). The van der Waals surface area contributed by atoms with Gasteiger partial charge in [-0.1, -0.05) is 36.4 Å². The van der Waals surface area contributed by atoms with E-state index in [-0.39, 0.29) is 41.4 Å². The Kier molecular flexibility index (Phi) is 9.73. The standard InChI is InChI=1S/C40H45N7O4/c41-34(32-3-1-2-4-36(32)48)22-33(38(42)43)27-5-8-30(9-6-27)46-19-13-25(14-20-46)23-45-17-15-26(16-18-45)28-7-10-31-29(21-28)24-47(40(31)51)35-11-12-37(49)44-39(35)50/h1-10,21-22,25-26,35,41,48H,11-20,23-24H2,(H3,42,43)(H,44,49,50)/b33-22-,41-34?. The Labute approximate surface area is 298 Å². The van der Waals surface area contributed by atoms with E-state index in [1.165, 1.54) is 17.7 Å². The van der Waals surface area contributed by atoms with E-state index in [1.807, 2.05) is 18.2 Å². The number of piperidine rings is 3. The highest BCUT2D eigenvalue weighted by Crippen LogP contribution is 2.35. The number of amidine groups is 1. The average Bonchev–Trinajstić information content (AvgIpc) is 3.46. The number of nitrogens with two attached hydrogens (primary N) is 1. The van der Waals surface area contributed by atoms with Gasteiger partial charge < -0.3 is 30.9 Å². The summed E-state index contributed by atoms with van der Waals surface area (Å²) < 4.78 is 0. The van der Waals surface area contributed by atoms with Crippen molar-refractivity contribution in [3.63, 3.8) is 0 Å². The number of fused-ring (bicyclic) bond motifs is 1. The Morgan fingerprint density at radius 1 is 0.902 bits per heavy atom. The van der Waals surface area contributed by atoms with Crippen molar-refractivity contribution in [1.82, 2.24) is 15.1 Å². The predicted octanol–water partition coefficient (Wildman–Crippen LogP) is 4.64. The van der Waals surface area contributed by atoms with Crippen LogP contribution in [0.5, 0.6) is 5.75 Å². The quantitative estimate of drug-likeness (QED) is 0.124. The minimum Gasteiger partial charge on any atom is -0.507 e. The summed E-state index contributed by atoms with van der Waals surface area (Å²) in [6.45, 7) is 5.60. The number of hydrogen-bond donors (Lipinski definition) is 5. The molecule has 3 aromatic rings. The Balaban J connectivity index is 0.887. The summed E-state index contributed by atoms with van der Waals surface area (Å²) in [5, 5.41) is 29.1. The number of para-hydroxylation sites is 1. The van der Waals surface area contributed by atoms with E-state index in [9.17, 15) is 19.5 Å². The average molecular weight is 688 g/mol. The zero-order valence-corrected chi connectivity index (χ0v) is 28.7. The fourth-order valence-electron chi connectivity index (χ4n) is 8.13. The summed E-state index contributed by atoms with van der Waals surface area (Å²) in [5.74, 6) is 0.210. The number of anilines is 1.